The van der Waals surface area contributed by atoms with Gasteiger partial charge in [-0.3, -0.25) is 9.59 Å². The first-order valence-corrected chi connectivity index (χ1v) is 4.34. The minimum Gasteiger partial charge on any atom is -0.359 e. The molecule has 1 aliphatic rings. The van der Waals surface area contributed by atoms with Crippen LogP contribution in [0.5, 0.6) is 0 Å². The van der Waals surface area contributed by atoms with Gasteiger partial charge in [-0.1, -0.05) is 0 Å². The van der Waals surface area contributed by atoms with E-state index in [1.165, 1.54) is 0 Å². The number of hydrogen-bond acceptors (Lipinski definition) is 3. The van der Waals surface area contributed by atoms with Crippen LogP contribution in [0.3, 0.4) is 0 Å². The minimum absolute atomic E-state index is 0.00477. The van der Waals surface area contributed by atoms with Gasteiger partial charge in [0.2, 0.25) is 11.8 Å². The lowest BCUT2D eigenvalue weighted by Crippen LogP contribution is -2.54. The van der Waals surface area contributed by atoms with E-state index >= 15 is 0 Å². The molecule has 5 heteroatoms. The molecule has 0 aromatic rings. The smallest absolute Gasteiger partial charge is 0.240 e. The molecule has 13 heavy (non-hydrogen) atoms. The van der Waals surface area contributed by atoms with Crippen molar-refractivity contribution in [3.63, 3.8) is 0 Å². The number of hydrogen-bond donors (Lipinski definition) is 2. The summed E-state index contributed by atoms with van der Waals surface area (Å²) in [6, 6.07) is -0.348. The highest BCUT2D eigenvalue weighted by molar-refractivity contribution is 5.88. The fourth-order valence-corrected chi connectivity index (χ4v) is 1.32. The summed E-state index contributed by atoms with van der Waals surface area (Å²) in [5, 5.41) is 5.51. The zero-order valence-corrected chi connectivity index (χ0v) is 7.96. The number of nitrogens with zero attached hydrogens (tertiary/aromatic N) is 1. The molecule has 1 heterocycles. The number of likely N-dealkylation sites (N-methyl/N-ethyl adjacent to an activating group) is 1. The normalized spacial score (nSPS) is 23.1. The molecule has 1 saturated heterocycles. The molecule has 0 saturated carbocycles. The van der Waals surface area contributed by atoms with Gasteiger partial charge < -0.3 is 15.5 Å². The minimum atomic E-state index is -0.348. The molecular formula is C8H15N3O2. The summed E-state index contributed by atoms with van der Waals surface area (Å²) in [5.41, 5.74) is 0. The maximum atomic E-state index is 11.5. The van der Waals surface area contributed by atoms with Gasteiger partial charge in [-0.2, -0.15) is 0 Å². The third-order valence-electron chi connectivity index (χ3n) is 2.18. The molecule has 0 radical (unpaired) electrons. The molecule has 1 unspecified atom stereocenters. The van der Waals surface area contributed by atoms with Crippen LogP contribution in [0.25, 0.3) is 0 Å². The van der Waals surface area contributed by atoms with Crippen LogP contribution in [0.15, 0.2) is 0 Å². The fourth-order valence-electron chi connectivity index (χ4n) is 1.32. The van der Waals surface area contributed by atoms with Gasteiger partial charge in [0.15, 0.2) is 0 Å². The van der Waals surface area contributed by atoms with E-state index in [1.54, 1.807) is 19.0 Å². The first kappa shape index (κ1) is 9.98. The Morgan fingerprint density at radius 2 is 2.46 bits per heavy atom. The molecule has 0 bridgehead atoms. The molecule has 0 aliphatic carbocycles. The van der Waals surface area contributed by atoms with E-state index in [0.717, 1.165) is 6.54 Å². The summed E-state index contributed by atoms with van der Waals surface area (Å²) in [7, 11) is 3.32. The Kier molecular flexibility index (Phi) is 3.25. The Labute approximate surface area is 77.5 Å². The Morgan fingerprint density at radius 3 is 3.08 bits per heavy atom. The van der Waals surface area contributed by atoms with Crippen molar-refractivity contribution in [2.24, 2.45) is 0 Å². The third-order valence-corrected chi connectivity index (χ3v) is 2.18. The van der Waals surface area contributed by atoms with Crippen LogP contribution in [0.1, 0.15) is 6.42 Å². The van der Waals surface area contributed by atoms with E-state index in [-0.39, 0.29) is 24.3 Å². The van der Waals surface area contributed by atoms with Crippen molar-refractivity contribution in [3.05, 3.63) is 0 Å². The molecule has 1 rings (SSSR count). The monoisotopic (exact) mass is 185 g/mol. The molecule has 5 nitrogen and oxygen atoms in total. The molecule has 2 N–H and O–H groups in total. The second-order valence-corrected chi connectivity index (χ2v) is 3.14. The zero-order chi connectivity index (χ0) is 9.84. The molecule has 1 fully saturated rings. The predicted octanol–water partition coefficient (Wildman–Crippen LogP) is -1.45. The molecule has 1 aliphatic heterocycles. The van der Waals surface area contributed by atoms with Crippen molar-refractivity contribution in [2.75, 3.05) is 27.2 Å². The average molecular weight is 185 g/mol. The van der Waals surface area contributed by atoms with Crippen molar-refractivity contribution in [1.82, 2.24) is 15.5 Å². The Morgan fingerprint density at radius 1 is 1.77 bits per heavy atom. The van der Waals surface area contributed by atoms with Gasteiger partial charge in [0.25, 0.3) is 0 Å². The highest BCUT2D eigenvalue weighted by Crippen LogP contribution is 2.02. The molecule has 0 aromatic carbocycles. The standard InChI is InChI=1S/C8H15N3O2/c1-9-7(12)5-6-8(13)11(2)4-3-10-6/h6,10H,3-5H2,1-2H3,(H,9,12). The second kappa shape index (κ2) is 4.23. The van der Waals surface area contributed by atoms with Gasteiger partial charge >= 0.3 is 0 Å². The van der Waals surface area contributed by atoms with E-state index in [0.29, 0.717) is 6.54 Å². The highest BCUT2D eigenvalue weighted by atomic mass is 16.2. The fraction of sp³-hybridized carbons (Fsp3) is 0.750. The van der Waals surface area contributed by atoms with Crippen LogP contribution in [0.2, 0.25) is 0 Å². The summed E-state index contributed by atoms with van der Waals surface area (Å²) in [4.78, 5) is 24.1. The molecule has 2 amide bonds. The summed E-state index contributed by atoms with van der Waals surface area (Å²) in [6.45, 7) is 1.47. The maximum absolute atomic E-state index is 11.5. The van der Waals surface area contributed by atoms with Gasteiger partial charge in [-0.05, 0) is 0 Å². The largest absolute Gasteiger partial charge is 0.359 e. The number of rotatable bonds is 2. The molecular weight excluding hydrogens is 170 g/mol. The molecule has 0 aromatic heterocycles. The van der Waals surface area contributed by atoms with Crippen LogP contribution in [-0.2, 0) is 9.59 Å². The first-order valence-electron chi connectivity index (χ1n) is 4.34. The quantitative estimate of drug-likeness (QED) is 0.553. The second-order valence-electron chi connectivity index (χ2n) is 3.14. The Bertz CT molecular complexity index is 217. The molecule has 74 valence electrons. The van der Waals surface area contributed by atoms with E-state index in [9.17, 15) is 9.59 Å². The van der Waals surface area contributed by atoms with Crippen LogP contribution < -0.4 is 10.6 Å². The van der Waals surface area contributed by atoms with Crippen LogP contribution in [-0.4, -0.2) is 49.9 Å². The lowest BCUT2D eigenvalue weighted by atomic mass is 10.1. The van der Waals surface area contributed by atoms with Crippen molar-refractivity contribution < 1.29 is 9.59 Å². The highest BCUT2D eigenvalue weighted by Gasteiger charge is 2.27. The van der Waals surface area contributed by atoms with Crippen molar-refractivity contribution >= 4 is 11.8 Å². The summed E-state index contributed by atoms with van der Waals surface area (Å²) in [5.74, 6) is -0.115. The number of nitrogens with one attached hydrogen (secondary N) is 2. The van der Waals surface area contributed by atoms with Gasteiger partial charge in [0.05, 0.1) is 12.5 Å². The third kappa shape index (κ3) is 2.42. The number of carbonyl (C=O) groups excluding carboxylic acids is 2. The van der Waals surface area contributed by atoms with Crippen molar-refractivity contribution in [3.8, 4) is 0 Å². The summed E-state index contributed by atoms with van der Waals surface area (Å²) in [6.07, 6.45) is 0.222. The molecule has 1 atom stereocenters. The summed E-state index contributed by atoms with van der Waals surface area (Å²) >= 11 is 0. The van der Waals surface area contributed by atoms with E-state index in [4.69, 9.17) is 0 Å². The Hall–Kier alpha value is -1.10. The van der Waals surface area contributed by atoms with Crippen LogP contribution in [0, 0.1) is 0 Å². The SMILES string of the molecule is CNC(=O)CC1NCCN(C)C1=O. The number of amides is 2. The maximum Gasteiger partial charge on any atom is 0.240 e. The average Bonchev–Trinajstić information content (AvgIpc) is 2.13. The van der Waals surface area contributed by atoms with Crippen molar-refractivity contribution in [1.29, 1.82) is 0 Å². The lowest BCUT2D eigenvalue weighted by Gasteiger charge is -2.29. The zero-order valence-electron chi connectivity index (χ0n) is 7.96. The van der Waals surface area contributed by atoms with Gasteiger partial charge in [0, 0.05) is 27.2 Å². The summed E-state index contributed by atoms with van der Waals surface area (Å²) < 4.78 is 0. The van der Waals surface area contributed by atoms with Gasteiger partial charge in [-0.15, -0.1) is 0 Å². The topological polar surface area (TPSA) is 61.4 Å². The van der Waals surface area contributed by atoms with Gasteiger partial charge in [-0.25, -0.2) is 0 Å². The Balaban J connectivity index is 2.49. The van der Waals surface area contributed by atoms with E-state index in [2.05, 4.69) is 10.6 Å². The van der Waals surface area contributed by atoms with E-state index < -0.39 is 0 Å². The first-order chi connectivity index (χ1) is 6.15. The predicted molar refractivity (Wildman–Crippen MR) is 48.1 cm³/mol. The van der Waals surface area contributed by atoms with Crippen LogP contribution >= 0.6 is 0 Å². The van der Waals surface area contributed by atoms with Crippen LogP contribution in [0.4, 0.5) is 0 Å². The van der Waals surface area contributed by atoms with Crippen molar-refractivity contribution in [2.45, 2.75) is 12.5 Å². The van der Waals surface area contributed by atoms with Gasteiger partial charge in [0.1, 0.15) is 0 Å². The lowest BCUT2D eigenvalue weighted by molar-refractivity contribution is -0.136. The molecule has 0 spiro atoms. The number of carbonyl (C=O) groups is 2. The number of piperazine rings is 1. The van der Waals surface area contributed by atoms with E-state index in [1.807, 2.05) is 0 Å².